The van der Waals surface area contributed by atoms with E-state index >= 15 is 0 Å². The second-order valence-corrected chi connectivity index (χ2v) is 28.0. The number of carbonyl (C=O) groups excluding carboxylic acids is 2. The molecule has 0 radical (unpaired) electrons. The van der Waals surface area contributed by atoms with Gasteiger partial charge < -0.3 is 23.8 Å². The average molecular weight is 1400 g/mol. The maximum Gasteiger partial charge on any atom is 0.150 e. The van der Waals surface area contributed by atoms with Crippen LogP contribution in [0.4, 0.5) is 51.2 Å². The minimum Gasteiger partial charge on any atom is -0.311 e. The molecule has 0 spiro atoms. The van der Waals surface area contributed by atoms with E-state index in [-0.39, 0.29) is 0 Å². The number of carbonyl (C=O) groups is 2. The standard InChI is InChI=1S/C102H75N5O2/c108-70-74-32-49-93(50-33-74)106-99-27-15-13-25-95(99)97-68-82(45-65-101(97)106)79-41-57-89(58-42-79)104(86-47-30-73(31-48-86)67-81(76-19-7-2-8-20-76)36-29-72-17-5-1-6-18-72)87-53-37-77(38-54-87)78-39-55-88(56-40-78)105(92-63-61-91(62-64-92)103(84-21-9-3-10-22-84)85-23-11-4-12-24-85)90-59-43-80(44-60-90)83-46-66-102-98(69-83)96-26-14-16-28-100(96)107(102)94-51-34-75(71-109)35-52-94/h1-28,30-35,37-66,68-71,81H,29,36,67H2. The van der Waals surface area contributed by atoms with Gasteiger partial charge in [-0.2, -0.15) is 0 Å². The van der Waals surface area contributed by atoms with E-state index in [0.717, 1.165) is 155 Å². The molecule has 7 heteroatoms. The Morgan fingerprint density at radius 3 is 0.917 bits per heavy atom. The number of hydrogen-bond donors (Lipinski definition) is 0. The first kappa shape index (κ1) is 66.8. The molecule has 0 aliphatic carbocycles. The topological polar surface area (TPSA) is 53.7 Å². The van der Waals surface area contributed by atoms with Gasteiger partial charge in [-0.25, -0.2) is 0 Å². The summed E-state index contributed by atoms with van der Waals surface area (Å²) in [6.45, 7) is 0. The van der Waals surface area contributed by atoms with Gasteiger partial charge in [-0.15, -0.1) is 0 Å². The molecule has 0 aliphatic heterocycles. The number of aromatic nitrogens is 2. The van der Waals surface area contributed by atoms with E-state index in [1.54, 1.807) is 0 Å². The van der Waals surface area contributed by atoms with Crippen molar-refractivity contribution in [1.82, 2.24) is 9.13 Å². The predicted molar refractivity (Wildman–Crippen MR) is 454 cm³/mol. The molecular weight excluding hydrogens is 1330 g/mol. The van der Waals surface area contributed by atoms with Crippen LogP contribution in [0.2, 0.25) is 0 Å². The molecule has 0 saturated carbocycles. The Kier molecular flexibility index (Phi) is 18.2. The normalized spacial score (nSPS) is 11.6. The number of hydrogen-bond acceptors (Lipinski definition) is 5. The Balaban J connectivity index is 0.675. The van der Waals surface area contributed by atoms with Crippen molar-refractivity contribution in [2.24, 2.45) is 0 Å². The van der Waals surface area contributed by atoms with Gasteiger partial charge in [0.1, 0.15) is 12.6 Å². The zero-order valence-corrected chi connectivity index (χ0v) is 60.0. The summed E-state index contributed by atoms with van der Waals surface area (Å²) >= 11 is 0. The lowest BCUT2D eigenvalue weighted by Crippen LogP contribution is -2.12. The van der Waals surface area contributed by atoms with Crippen LogP contribution in [0.3, 0.4) is 0 Å². The summed E-state index contributed by atoms with van der Waals surface area (Å²) in [5.74, 6) is 0.360. The molecule has 1 atom stereocenters. The largest absolute Gasteiger partial charge is 0.311 e. The minimum atomic E-state index is 0.360. The van der Waals surface area contributed by atoms with E-state index in [9.17, 15) is 9.59 Å². The van der Waals surface area contributed by atoms with E-state index in [1.165, 1.54) is 32.8 Å². The molecule has 0 aliphatic rings. The van der Waals surface area contributed by atoms with Gasteiger partial charge >= 0.3 is 0 Å². The molecule has 2 heterocycles. The van der Waals surface area contributed by atoms with Gasteiger partial charge in [0, 0.05) is 95.2 Å². The van der Waals surface area contributed by atoms with Crippen molar-refractivity contribution < 1.29 is 9.59 Å². The van der Waals surface area contributed by atoms with Crippen molar-refractivity contribution in [1.29, 1.82) is 0 Å². The van der Waals surface area contributed by atoms with Crippen LogP contribution >= 0.6 is 0 Å². The lowest BCUT2D eigenvalue weighted by atomic mass is 9.87. The Bertz CT molecular complexity index is 6190. The quantitative estimate of drug-likeness (QED) is 0.0633. The molecule has 18 aromatic rings. The molecule has 7 nitrogen and oxygen atoms in total. The number of aryl methyl sites for hydroxylation is 1. The van der Waals surface area contributed by atoms with Crippen LogP contribution in [0, 0.1) is 0 Å². The van der Waals surface area contributed by atoms with Gasteiger partial charge in [-0.05, 0) is 269 Å². The van der Waals surface area contributed by atoms with E-state index in [1.807, 2.05) is 48.5 Å². The SMILES string of the molecule is O=Cc1ccc(-n2c3ccccc3c3cc(-c4ccc(N(c5ccc(CC(CCc6ccccc6)c6ccccc6)cc5)c5ccc(-c6ccc(N(c7ccc(-c8ccc9c(c8)c8ccccc8n9-c8ccc(C=O)cc8)cc7)c7ccc(N(c8ccccc8)c8ccccc8)cc7)cc6)cc5)cc4)ccc32)cc1. The van der Waals surface area contributed by atoms with Gasteiger partial charge in [0.15, 0.2) is 0 Å². The Hall–Kier alpha value is -14.1. The number of rotatable bonds is 22. The lowest BCUT2D eigenvalue weighted by molar-refractivity contribution is 0.111. The first-order valence-electron chi connectivity index (χ1n) is 37.3. The van der Waals surface area contributed by atoms with Crippen molar-refractivity contribution in [3.8, 4) is 44.8 Å². The average Bonchev–Trinajstić information content (AvgIpc) is 1.60. The van der Waals surface area contributed by atoms with E-state index in [2.05, 4.69) is 376 Å². The molecule has 0 bridgehead atoms. The summed E-state index contributed by atoms with van der Waals surface area (Å²) in [7, 11) is 0. The smallest absolute Gasteiger partial charge is 0.150 e. The van der Waals surface area contributed by atoms with E-state index in [4.69, 9.17) is 0 Å². The van der Waals surface area contributed by atoms with Gasteiger partial charge in [0.05, 0.1) is 22.1 Å². The van der Waals surface area contributed by atoms with Crippen LogP contribution in [-0.4, -0.2) is 21.7 Å². The van der Waals surface area contributed by atoms with Gasteiger partial charge in [0.25, 0.3) is 0 Å². The predicted octanol–water partition coefficient (Wildman–Crippen LogP) is 26.9. The maximum atomic E-state index is 11.6. The summed E-state index contributed by atoms with van der Waals surface area (Å²) in [5.41, 5.74) is 27.9. The van der Waals surface area contributed by atoms with E-state index in [0.29, 0.717) is 17.0 Å². The Labute approximate surface area is 635 Å². The number of nitrogens with zero attached hydrogens (tertiary/aromatic N) is 5. The highest BCUT2D eigenvalue weighted by Gasteiger charge is 2.22. The van der Waals surface area contributed by atoms with Crippen molar-refractivity contribution in [3.05, 3.63) is 428 Å². The second kappa shape index (κ2) is 29.8. The highest BCUT2D eigenvalue weighted by Crippen LogP contribution is 2.44. The fourth-order valence-corrected chi connectivity index (χ4v) is 15.9. The molecule has 0 saturated heterocycles. The Morgan fingerprint density at radius 2 is 0.541 bits per heavy atom. The minimum absolute atomic E-state index is 0.360. The highest BCUT2D eigenvalue weighted by molar-refractivity contribution is 6.12. The van der Waals surface area contributed by atoms with E-state index < -0.39 is 0 Å². The third kappa shape index (κ3) is 13.4. The van der Waals surface area contributed by atoms with Crippen LogP contribution in [-0.2, 0) is 12.8 Å². The van der Waals surface area contributed by atoms with Gasteiger partial charge in [-0.1, -0.05) is 206 Å². The molecule has 0 N–H and O–H groups in total. The highest BCUT2D eigenvalue weighted by atomic mass is 16.1. The van der Waals surface area contributed by atoms with Crippen LogP contribution in [0.15, 0.2) is 400 Å². The number of fused-ring (bicyclic) bond motifs is 6. The number of anilines is 9. The summed E-state index contributed by atoms with van der Waals surface area (Å²) in [5, 5.41) is 4.67. The van der Waals surface area contributed by atoms with Crippen LogP contribution < -0.4 is 14.7 Å². The fraction of sp³-hybridized carbons (Fsp3) is 0.0392. The van der Waals surface area contributed by atoms with Crippen LogP contribution in [0.1, 0.15) is 49.7 Å². The molecule has 1 unspecified atom stereocenters. The fourth-order valence-electron chi connectivity index (χ4n) is 15.9. The summed E-state index contributed by atoms with van der Waals surface area (Å²) < 4.78 is 4.57. The molecule has 0 amide bonds. The lowest BCUT2D eigenvalue weighted by Gasteiger charge is -2.28. The molecule has 0 fully saturated rings. The number of para-hydroxylation sites is 4. The van der Waals surface area contributed by atoms with Gasteiger partial charge in [0.2, 0.25) is 0 Å². The second-order valence-electron chi connectivity index (χ2n) is 28.0. The van der Waals surface area contributed by atoms with Crippen molar-refractivity contribution in [2.75, 3.05) is 14.7 Å². The first-order valence-corrected chi connectivity index (χ1v) is 37.3. The summed E-state index contributed by atoms with van der Waals surface area (Å²) in [6.07, 6.45) is 4.78. The number of aldehydes is 2. The Morgan fingerprint density at radius 1 is 0.248 bits per heavy atom. The summed E-state index contributed by atoms with van der Waals surface area (Å²) in [6, 6.07) is 143. The molecule has 109 heavy (non-hydrogen) atoms. The van der Waals surface area contributed by atoms with Crippen molar-refractivity contribution >= 4 is 107 Å². The first-order chi connectivity index (χ1) is 53.9. The molecule has 16 aromatic carbocycles. The third-order valence-corrected chi connectivity index (χ3v) is 21.4. The zero-order chi connectivity index (χ0) is 73.0. The molecular formula is C102H75N5O2. The molecule has 2 aromatic heterocycles. The van der Waals surface area contributed by atoms with Crippen molar-refractivity contribution in [3.63, 3.8) is 0 Å². The van der Waals surface area contributed by atoms with Crippen LogP contribution in [0.5, 0.6) is 0 Å². The zero-order valence-electron chi connectivity index (χ0n) is 60.0. The molecule has 520 valence electrons. The molecule has 18 rings (SSSR count). The monoisotopic (exact) mass is 1400 g/mol. The third-order valence-electron chi connectivity index (χ3n) is 21.4. The maximum absolute atomic E-state index is 11.6. The summed E-state index contributed by atoms with van der Waals surface area (Å²) in [4.78, 5) is 30.3. The van der Waals surface area contributed by atoms with Crippen molar-refractivity contribution in [2.45, 2.75) is 25.2 Å². The number of benzene rings is 16. The van der Waals surface area contributed by atoms with Gasteiger partial charge in [-0.3, -0.25) is 9.59 Å². The van der Waals surface area contributed by atoms with Crippen LogP contribution in [0.25, 0.3) is 88.4 Å².